The summed E-state index contributed by atoms with van der Waals surface area (Å²) >= 11 is 0. The first-order chi connectivity index (χ1) is 11.0. The molecule has 0 heterocycles. The predicted molar refractivity (Wildman–Crippen MR) is 86.7 cm³/mol. The minimum absolute atomic E-state index is 0.0690. The summed E-state index contributed by atoms with van der Waals surface area (Å²) in [4.78, 5) is 34.8. The molecule has 2 aromatic carbocycles. The maximum Gasteiger partial charge on any atom is 0.336 e. The fourth-order valence-corrected chi connectivity index (χ4v) is 1.99. The van der Waals surface area contributed by atoms with Crippen molar-refractivity contribution in [3.63, 3.8) is 0 Å². The van der Waals surface area contributed by atoms with E-state index in [0.717, 1.165) is 0 Å². The molecule has 0 aliphatic carbocycles. The predicted octanol–water partition coefficient (Wildman–Crippen LogP) is 2.99. The Morgan fingerprint density at radius 3 is 2.13 bits per heavy atom. The summed E-state index contributed by atoms with van der Waals surface area (Å²) < 4.78 is 0. The van der Waals surface area contributed by atoms with Gasteiger partial charge in [-0.1, -0.05) is 25.1 Å². The highest BCUT2D eigenvalue weighted by atomic mass is 16.4. The Kier molecular flexibility index (Phi) is 5.09. The maximum absolute atomic E-state index is 12.3. The Hall–Kier alpha value is -3.15. The van der Waals surface area contributed by atoms with Gasteiger partial charge in [0, 0.05) is 17.8 Å². The highest BCUT2D eigenvalue weighted by Gasteiger charge is 2.15. The van der Waals surface area contributed by atoms with Crippen LogP contribution in [0.4, 0.5) is 11.4 Å². The van der Waals surface area contributed by atoms with E-state index < -0.39 is 11.9 Å². The van der Waals surface area contributed by atoms with Gasteiger partial charge in [-0.25, -0.2) is 4.79 Å². The maximum atomic E-state index is 12.3. The Labute approximate surface area is 133 Å². The van der Waals surface area contributed by atoms with E-state index in [1.807, 2.05) is 0 Å². The Morgan fingerprint density at radius 2 is 1.52 bits per heavy atom. The minimum atomic E-state index is -1.17. The molecule has 2 amide bonds. The van der Waals surface area contributed by atoms with Gasteiger partial charge in [-0.05, 0) is 30.3 Å². The van der Waals surface area contributed by atoms with Crippen LogP contribution in [0.5, 0.6) is 0 Å². The molecular weight excluding hydrogens is 296 g/mol. The van der Waals surface area contributed by atoms with Crippen molar-refractivity contribution in [3.05, 3.63) is 59.7 Å². The second-order valence-electron chi connectivity index (χ2n) is 4.79. The summed E-state index contributed by atoms with van der Waals surface area (Å²) in [5, 5.41) is 14.4. The summed E-state index contributed by atoms with van der Waals surface area (Å²) in [5.41, 5.74) is 1.02. The highest BCUT2D eigenvalue weighted by molar-refractivity contribution is 6.10. The lowest BCUT2D eigenvalue weighted by molar-refractivity contribution is -0.115. The number of nitrogens with one attached hydrogen (secondary N) is 2. The van der Waals surface area contributed by atoms with Crippen molar-refractivity contribution in [2.45, 2.75) is 13.3 Å². The van der Waals surface area contributed by atoms with Gasteiger partial charge >= 0.3 is 5.97 Å². The van der Waals surface area contributed by atoms with E-state index >= 15 is 0 Å². The van der Waals surface area contributed by atoms with Crippen LogP contribution in [-0.4, -0.2) is 22.9 Å². The lowest BCUT2D eigenvalue weighted by Gasteiger charge is -2.09. The summed E-state index contributed by atoms with van der Waals surface area (Å²) in [6.07, 6.45) is 0.350. The first kappa shape index (κ1) is 16.2. The Balaban J connectivity index is 2.19. The molecule has 118 valence electrons. The third-order valence-corrected chi connectivity index (χ3v) is 3.13. The number of carboxylic acid groups (broad SMARTS) is 1. The van der Waals surface area contributed by atoms with Gasteiger partial charge in [0.25, 0.3) is 5.91 Å². The van der Waals surface area contributed by atoms with E-state index in [9.17, 15) is 14.4 Å². The molecule has 0 unspecified atom stereocenters. The molecule has 23 heavy (non-hydrogen) atoms. The molecule has 0 radical (unpaired) electrons. The van der Waals surface area contributed by atoms with Crippen molar-refractivity contribution in [2.75, 3.05) is 10.6 Å². The molecule has 0 saturated carbocycles. The minimum Gasteiger partial charge on any atom is -0.478 e. The zero-order valence-electron chi connectivity index (χ0n) is 12.5. The number of carbonyl (C=O) groups is 3. The van der Waals surface area contributed by atoms with E-state index in [-0.39, 0.29) is 17.0 Å². The lowest BCUT2D eigenvalue weighted by Crippen LogP contribution is -2.16. The van der Waals surface area contributed by atoms with E-state index in [0.29, 0.717) is 17.8 Å². The molecule has 0 aliphatic heterocycles. The second-order valence-corrected chi connectivity index (χ2v) is 4.79. The fourth-order valence-electron chi connectivity index (χ4n) is 1.99. The zero-order valence-corrected chi connectivity index (χ0v) is 12.5. The molecule has 6 heteroatoms. The van der Waals surface area contributed by atoms with Crippen LogP contribution < -0.4 is 10.6 Å². The first-order valence-corrected chi connectivity index (χ1v) is 7.05. The van der Waals surface area contributed by atoms with Crippen molar-refractivity contribution in [1.29, 1.82) is 0 Å². The molecule has 6 nitrogen and oxygen atoms in total. The van der Waals surface area contributed by atoms with Gasteiger partial charge in [-0.15, -0.1) is 0 Å². The van der Waals surface area contributed by atoms with Gasteiger partial charge in [0.05, 0.1) is 11.1 Å². The topological polar surface area (TPSA) is 95.5 Å². The normalized spacial score (nSPS) is 9.96. The fraction of sp³-hybridized carbons (Fsp3) is 0.118. The lowest BCUT2D eigenvalue weighted by atomic mass is 10.1. The van der Waals surface area contributed by atoms with Crippen LogP contribution in [0.1, 0.15) is 34.1 Å². The van der Waals surface area contributed by atoms with Crippen molar-refractivity contribution in [1.82, 2.24) is 0 Å². The first-order valence-electron chi connectivity index (χ1n) is 7.05. The van der Waals surface area contributed by atoms with Crippen LogP contribution in [0.2, 0.25) is 0 Å². The largest absolute Gasteiger partial charge is 0.478 e. The van der Waals surface area contributed by atoms with Crippen LogP contribution in [-0.2, 0) is 4.79 Å². The van der Waals surface area contributed by atoms with Crippen LogP contribution >= 0.6 is 0 Å². The third kappa shape index (κ3) is 4.16. The van der Waals surface area contributed by atoms with Gasteiger partial charge in [0.2, 0.25) is 5.91 Å². The zero-order chi connectivity index (χ0) is 16.8. The van der Waals surface area contributed by atoms with Crippen molar-refractivity contribution in [3.8, 4) is 0 Å². The molecule has 0 atom stereocenters. The molecule has 0 fully saturated rings. The number of carboxylic acids is 1. The number of amides is 2. The third-order valence-electron chi connectivity index (χ3n) is 3.13. The quantitative estimate of drug-likeness (QED) is 0.791. The molecule has 2 aromatic rings. The number of hydrogen-bond donors (Lipinski definition) is 3. The van der Waals surface area contributed by atoms with Gasteiger partial charge in [0.15, 0.2) is 0 Å². The molecule has 0 saturated heterocycles. The summed E-state index contributed by atoms with van der Waals surface area (Å²) in [6, 6.07) is 12.6. The summed E-state index contributed by atoms with van der Waals surface area (Å²) in [5.74, 6) is -1.83. The van der Waals surface area contributed by atoms with Crippen molar-refractivity contribution in [2.24, 2.45) is 0 Å². The smallest absolute Gasteiger partial charge is 0.336 e. The van der Waals surface area contributed by atoms with Gasteiger partial charge in [-0.2, -0.15) is 0 Å². The standard InChI is InChI=1S/C17H16N2O4/c1-2-15(20)18-11-6-5-7-12(10-11)19-16(21)13-8-3-4-9-14(13)17(22)23/h3-10H,2H2,1H3,(H,18,20)(H,19,21)(H,22,23). The Bertz CT molecular complexity index is 756. The number of benzene rings is 2. The van der Waals surface area contributed by atoms with Gasteiger partial charge in [-0.3, -0.25) is 9.59 Å². The molecule has 0 spiro atoms. The van der Waals surface area contributed by atoms with Crippen molar-refractivity contribution < 1.29 is 19.5 Å². The molecule has 3 N–H and O–H groups in total. The number of rotatable bonds is 5. The van der Waals surface area contributed by atoms with E-state index in [2.05, 4.69) is 10.6 Å². The van der Waals surface area contributed by atoms with Crippen molar-refractivity contribution >= 4 is 29.2 Å². The summed E-state index contributed by atoms with van der Waals surface area (Å²) in [6.45, 7) is 1.74. The monoisotopic (exact) mass is 312 g/mol. The van der Waals surface area contributed by atoms with Gasteiger partial charge < -0.3 is 15.7 Å². The molecule has 2 rings (SSSR count). The van der Waals surface area contributed by atoms with Crippen LogP contribution in [0, 0.1) is 0 Å². The van der Waals surface area contributed by atoms with E-state index in [4.69, 9.17) is 5.11 Å². The molecule has 0 aliphatic rings. The number of hydrogen-bond acceptors (Lipinski definition) is 3. The molecular formula is C17H16N2O4. The number of anilines is 2. The molecule has 0 bridgehead atoms. The van der Waals surface area contributed by atoms with E-state index in [1.54, 1.807) is 43.3 Å². The SMILES string of the molecule is CCC(=O)Nc1cccc(NC(=O)c2ccccc2C(=O)O)c1. The number of aromatic carboxylic acids is 1. The highest BCUT2D eigenvalue weighted by Crippen LogP contribution is 2.17. The summed E-state index contributed by atoms with van der Waals surface area (Å²) in [7, 11) is 0. The van der Waals surface area contributed by atoms with Crippen LogP contribution in [0.3, 0.4) is 0 Å². The average Bonchev–Trinajstić information content (AvgIpc) is 2.55. The number of carbonyl (C=O) groups excluding carboxylic acids is 2. The van der Waals surface area contributed by atoms with Crippen LogP contribution in [0.15, 0.2) is 48.5 Å². The van der Waals surface area contributed by atoms with E-state index in [1.165, 1.54) is 12.1 Å². The average molecular weight is 312 g/mol. The van der Waals surface area contributed by atoms with Gasteiger partial charge in [0.1, 0.15) is 0 Å². The molecule has 0 aromatic heterocycles. The Morgan fingerprint density at radius 1 is 0.913 bits per heavy atom. The van der Waals surface area contributed by atoms with Crippen LogP contribution in [0.25, 0.3) is 0 Å². The second kappa shape index (κ2) is 7.22.